The van der Waals surface area contributed by atoms with Crippen molar-refractivity contribution in [3.8, 4) is 5.82 Å². The zero-order valence-corrected chi connectivity index (χ0v) is 21.5. The lowest BCUT2D eigenvalue weighted by atomic mass is 10.1. The first kappa shape index (κ1) is 26.9. The van der Waals surface area contributed by atoms with E-state index in [1.807, 2.05) is 0 Å². The van der Waals surface area contributed by atoms with Crippen LogP contribution < -0.4 is 10.6 Å². The average molecular weight is 622 g/mol. The molecule has 1 aliphatic rings. The molecule has 1 aromatic carbocycles. The van der Waals surface area contributed by atoms with E-state index in [4.69, 9.17) is 28.0 Å². The Balaban J connectivity index is 1.72. The number of carbonyl (C=O) groups is 3. The number of aromatic nitrogens is 3. The topological polar surface area (TPSA) is 118 Å². The van der Waals surface area contributed by atoms with Crippen LogP contribution in [-0.2, 0) is 15.8 Å². The normalized spacial score (nSPS) is 15.7. The van der Waals surface area contributed by atoms with Gasteiger partial charge < -0.3 is 10.6 Å². The molecular formula is C21H14BrCl2F3N6O4. The summed E-state index contributed by atoms with van der Waals surface area (Å²) in [7, 11) is 1.38. The molecule has 2 N–H and O–H groups in total. The number of alkyl halides is 3. The molecule has 0 bridgehead atoms. The molecule has 4 rings (SSSR count). The van der Waals surface area contributed by atoms with Gasteiger partial charge in [-0.05, 0) is 40.2 Å². The lowest BCUT2D eigenvalue weighted by Crippen LogP contribution is -2.42. The van der Waals surface area contributed by atoms with Crippen molar-refractivity contribution in [3.63, 3.8) is 0 Å². The van der Waals surface area contributed by atoms with Gasteiger partial charge in [0.2, 0.25) is 0 Å². The molecule has 10 nitrogen and oxygen atoms in total. The molecule has 194 valence electrons. The Hall–Kier alpha value is -3.20. The van der Waals surface area contributed by atoms with E-state index in [2.05, 4.69) is 36.6 Å². The predicted octanol–water partition coefficient (Wildman–Crippen LogP) is 4.11. The largest absolute Gasteiger partial charge is 0.435 e. The maximum atomic E-state index is 13.4. The van der Waals surface area contributed by atoms with Crippen LogP contribution in [0.25, 0.3) is 5.82 Å². The van der Waals surface area contributed by atoms with Gasteiger partial charge in [-0.2, -0.15) is 18.3 Å². The van der Waals surface area contributed by atoms with Crippen LogP contribution in [0.4, 0.5) is 18.9 Å². The maximum absolute atomic E-state index is 13.4. The third kappa shape index (κ3) is 5.56. The molecular weight excluding hydrogens is 608 g/mol. The van der Waals surface area contributed by atoms with Crippen molar-refractivity contribution >= 4 is 62.5 Å². The number of amides is 3. The second-order valence-corrected chi connectivity index (χ2v) is 9.25. The van der Waals surface area contributed by atoms with Crippen molar-refractivity contribution in [2.45, 2.75) is 12.2 Å². The zero-order valence-electron chi connectivity index (χ0n) is 18.4. The monoisotopic (exact) mass is 620 g/mol. The third-order valence-corrected chi connectivity index (χ3v) is 6.20. The first-order valence-electron chi connectivity index (χ1n) is 10.2. The molecule has 1 aliphatic heterocycles. The number of pyridine rings is 1. The molecule has 37 heavy (non-hydrogen) atoms. The smallest absolute Gasteiger partial charge is 0.338 e. The first-order valence-corrected chi connectivity index (χ1v) is 11.7. The summed E-state index contributed by atoms with van der Waals surface area (Å²) in [6.07, 6.45) is -3.61. The Morgan fingerprint density at radius 3 is 2.57 bits per heavy atom. The Kier molecular flexibility index (Phi) is 7.46. The molecule has 0 saturated carbocycles. The van der Waals surface area contributed by atoms with E-state index >= 15 is 0 Å². The number of benzene rings is 1. The summed E-state index contributed by atoms with van der Waals surface area (Å²) in [5, 5.41) is 9.36. The van der Waals surface area contributed by atoms with Crippen LogP contribution in [0.3, 0.4) is 0 Å². The molecule has 1 saturated heterocycles. The molecule has 0 radical (unpaired) electrons. The van der Waals surface area contributed by atoms with Crippen LogP contribution in [0.1, 0.15) is 26.5 Å². The van der Waals surface area contributed by atoms with Gasteiger partial charge in [0.1, 0.15) is 18.3 Å². The van der Waals surface area contributed by atoms with Gasteiger partial charge in [-0.25, -0.2) is 14.7 Å². The van der Waals surface area contributed by atoms with Crippen molar-refractivity contribution in [2.75, 3.05) is 19.0 Å². The number of likely N-dealkylation sites (N-methyl/N-ethyl adjacent to an activating group) is 1. The highest BCUT2D eigenvalue weighted by Gasteiger charge is 2.37. The summed E-state index contributed by atoms with van der Waals surface area (Å²) in [5.41, 5.74) is -2.23. The Labute approximate surface area is 224 Å². The van der Waals surface area contributed by atoms with E-state index in [-0.39, 0.29) is 38.2 Å². The third-order valence-electron chi connectivity index (χ3n) is 5.06. The highest BCUT2D eigenvalue weighted by atomic mass is 79.9. The van der Waals surface area contributed by atoms with Crippen LogP contribution in [0.2, 0.25) is 10.0 Å². The van der Waals surface area contributed by atoms with Crippen LogP contribution >= 0.6 is 39.1 Å². The van der Waals surface area contributed by atoms with Crippen molar-refractivity contribution in [2.24, 2.45) is 0 Å². The van der Waals surface area contributed by atoms with Crippen molar-refractivity contribution < 1.29 is 32.4 Å². The Bertz CT molecular complexity index is 1420. The van der Waals surface area contributed by atoms with Crippen LogP contribution in [0.15, 0.2) is 41.0 Å². The minimum Gasteiger partial charge on any atom is -0.338 e. The standard InChI is InChI=1S/C21H14BrCl2F3N6O4/c1-32-20(36)13(8-37-32)29-18(34)10-5-9(23)6-11(22)16(10)30-19(35)14-7-15(21(25,26)27)31-33(14)17-12(24)3-2-4-28-17/h2-7,13H,8H2,1H3,(H,29,34)(H,30,35). The summed E-state index contributed by atoms with van der Waals surface area (Å²) in [5.74, 6) is -2.59. The summed E-state index contributed by atoms with van der Waals surface area (Å²) in [6, 6.07) is 4.92. The molecule has 16 heteroatoms. The van der Waals surface area contributed by atoms with Gasteiger partial charge in [0.25, 0.3) is 17.7 Å². The molecule has 1 fully saturated rings. The van der Waals surface area contributed by atoms with E-state index in [0.717, 1.165) is 5.06 Å². The number of nitrogens with zero attached hydrogens (tertiary/aromatic N) is 4. The number of halogens is 6. The number of hydrogen-bond donors (Lipinski definition) is 2. The van der Waals surface area contributed by atoms with Gasteiger partial charge in [-0.15, -0.1) is 0 Å². The van der Waals surface area contributed by atoms with Crippen LogP contribution in [0, 0.1) is 0 Å². The SMILES string of the molecule is CN1OCC(NC(=O)c2cc(Cl)cc(Br)c2NC(=O)c2cc(C(F)(F)F)nn2-c2ncccc2Cl)C1=O. The lowest BCUT2D eigenvalue weighted by Gasteiger charge is -2.16. The molecule has 3 aromatic rings. The van der Waals surface area contributed by atoms with E-state index < -0.39 is 41.3 Å². The number of anilines is 1. The molecule has 1 atom stereocenters. The van der Waals surface area contributed by atoms with Gasteiger partial charge in [-0.3, -0.25) is 19.2 Å². The maximum Gasteiger partial charge on any atom is 0.435 e. The fourth-order valence-electron chi connectivity index (χ4n) is 3.31. The van der Waals surface area contributed by atoms with Crippen molar-refractivity contribution in [1.29, 1.82) is 0 Å². The molecule has 0 spiro atoms. The predicted molar refractivity (Wildman–Crippen MR) is 128 cm³/mol. The van der Waals surface area contributed by atoms with E-state index in [1.165, 1.54) is 37.5 Å². The van der Waals surface area contributed by atoms with Crippen molar-refractivity contribution in [1.82, 2.24) is 25.1 Å². The van der Waals surface area contributed by atoms with E-state index in [9.17, 15) is 27.6 Å². The van der Waals surface area contributed by atoms with Gasteiger partial charge >= 0.3 is 6.18 Å². The quantitative estimate of drug-likeness (QED) is 0.443. The second-order valence-electron chi connectivity index (χ2n) is 7.56. The summed E-state index contributed by atoms with van der Waals surface area (Å²) in [4.78, 5) is 47.3. The van der Waals surface area contributed by atoms with Gasteiger partial charge in [-0.1, -0.05) is 23.2 Å². The summed E-state index contributed by atoms with van der Waals surface area (Å²) >= 11 is 15.4. The van der Waals surface area contributed by atoms with Gasteiger partial charge in [0.15, 0.2) is 11.5 Å². The fourth-order valence-corrected chi connectivity index (χ4v) is 4.42. The molecule has 2 aromatic heterocycles. The van der Waals surface area contributed by atoms with Crippen molar-refractivity contribution in [3.05, 3.63) is 68.0 Å². The summed E-state index contributed by atoms with van der Waals surface area (Å²) in [6.45, 7) is -0.116. The minimum absolute atomic E-state index is 0.0606. The number of rotatable bonds is 5. The highest BCUT2D eigenvalue weighted by molar-refractivity contribution is 9.10. The van der Waals surface area contributed by atoms with E-state index in [0.29, 0.717) is 10.7 Å². The van der Waals surface area contributed by atoms with Gasteiger partial charge in [0.05, 0.1) is 16.3 Å². The second kappa shape index (κ2) is 10.3. The lowest BCUT2D eigenvalue weighted by molar-refractivity contribution is -0.154. The number of nitrogens with one attached hydrogen (secondary N) is 2. The van der Waals surface area contributed by atoms with Crippen LogP contribution in [0.5, 0.6) is 0 Å². The van der Waals surface area contributed by atoms with E-state index in [1.54, 1.807) is 0 Å². The van der Waals surface area contributed by atoms with Gasteiger partial charge in [0, 0.05) is 28.8 Å². The molecule has 0 aliphatic carbocycles. The minimum atomic E-state index is -4.88. The molecule has 3 heterocycles. The number of hydrogen-bond acceptors (Lipinski definition) is 6. The number of carbonyl (C=O) groups excluding carboxylic acids is 3. The van der Waals surface area contributed by atoms with Crippen LogP contribution in [-0.4, -0.2) is 57.2 Å². The average Bonchev–Trinajstić information content (AvgIpc) is 3.40. The number of hydroxylamine groups is 2. The first-order chi connectivity index (χ1) is 17.4. The highest BCUT2D eigenvalue weighted by Crippen LogP contribution is 2.33. The zero-order chi connectivity index (χ0) is 27.1. The summed E-state index contributed by atoms with van der Waals surface area (Å²) < 4.78 is 41.1. The molecule has 3 amide bonds. The Morgan fingerprint density at radius 2 is 1.95 bits per heavy atom. The Morgan fingerprint density at radius 1 is 1.22 bits per heavy atom. The molecule has 1 unspecified atom stereocenters. The fraction of sp³-hybridized carbons (Fsp3) is 0.190.